The van der Waals surface area contributed by atoms with Crippen LogP contribution in [0.5, 0.6) is 0 Å². The van der Waals surface area contributed by atoms with Crippen molar-refractivity contribution in [3.05, 3.63) is 33.4 Å². The van der Waals surface area contributed by atoms with Gasteiger partial charge in [-0.05, 0) is 66.1 Å². The summed E-state index contributed by atoms with van der Waals surface area (Å²) in [6, 6.07) is 8.41. The Labute approximate surface area is 111 Å². The van der Waals surface area contributed by atoms with Crippen LogP contribution in [0, 0.1) is 9.49 Å². The predicted molar refractivity (Wildman–Crippen MR) is 74.4 cm³/mol. The van der Waals surface area contributed by atoms with Gasteiger partial charge in [-0.25, -0.2) is 0 Å². The third-order valence-electron chi connectivity index (χ3n) is 3.03. The second kappa shape index (κ2) is 6.57. The molecule has 1 aliphatic heterocycles. The van der Waals surface area contributed by atoms with Crippen LogP contribution in [-0.2, 0) is 11.3 Å². The zero-order valence-corrected chi connectivity index (χ0v) is 11.6. The molecule has 1 heterocycles. The van der Waals surface area contributed by atoms with Gasteiger partial charge in [0.25, 0.3) is 0 Å². The van der Waals surface area contributed by atoms with E-state index >= 15 is 0 Å². The van der Waals surface area contributed by atoms with E-state index in [4.69, 9.17) is 4.74 Å². The molecule has 2 nitrogen and oxygen atoms in total. The Morgan fingerprint density at radius 3 is 2.75 bits per heavy atom. The fourth-order valence-corrected chi connectivity index (χ4v) is 2.54. The van der Waals surface area contributed by atoms with Gasteiger partial charge in [0.05, 0.1) is 6.61 Å². The summed E-state index contributed by atoms with van der Waals surface area (Å²) in [5, 5.41) is 3.38. The topological polar surface area (TPSA) is 21.3 Å². The SMILES string of the molecule is Ic1ccccc1COCC1CCNCC1. The highest BCUT2D eigenvalue weighted by molar-refractivity contribution is 14.1. The molecule has 2 rings (SSSR count). The van der Waals surface area contributed by atoms with Gasteiger partial charge in [0.2, 0.25) is 0 Å². The van der Waals surface area contributed by atoms with Crippen molar-refractivity contribution in [1.82, 2.24) is 5.32 Å². The molecule has 1 aromatic rings. The summed E-state index contributed by atoms with van der Waals surface area (Å²) in [6.07, 6.45) is 2.51. The first-order valence-electron chi connectivity index (χ1n) is 5.88. The number of halogens is 1. The molecule has 0 radical (unpaired) electrons. The molecule has 0 amide bonds. The molecule has 0 saturated carbocycles. The summed E-state index contributed by atoms with van der Waals surface area (Å²) in [4.78, 5) is 0. The molecular weight excluding hydrogens is 313 g/mol. The Morgan fingerprint density at radius 2 is 2.00 bits per heavy atom. The number of benzene rings is 1. The second-order valence-electron chi connectivity index (χ2n) is 4.30. The number of hydrogen-bond donors (Lipinski definition) is 1. The Bertz CT molecular complexity index is 323. The van der Waals surface area contributed by atoms with Crippen LogP contribution in [-0.4, -0.2) is 19.7 Å². The van der Waals surface area contributed by atoms with Crippen molar-refractivity contribution in [3.8, 4) is 0 Å². The van der Waals surface area contributed by atoms with Gasteiger partial charge in [-0.3, -0.25) is 0 Å². The standard InChI is InChI=1S/C13H18INO/c14-13-4-2-1-3-12(13)10-16-9-11-5-7-15-8-6-11/h1-4,11,15H,5-10H2. The molecule has 0 aliphatic carbocycles. The van der Waals surface area contributed by atoms with E-state index in [0.29, 0.717) is 0 Å². The van der Waals surface area contributed by atoms with E-state index < -0.39 is 0 Å². The zero-order valence-electron chi connectivity index (χ0n) is 9.42. The monoisotopic (exact) mass is 331 g/mol. The van der Waals surface area contributed by atoms with Gasteiger partial charge in [0, 0.05) is 10.2 Å². The van der Waals surface area contributed by atoms with Crippen LogP contribution in [0.4, 0.5) is 0 Å². The quantitative estimate of drug-likeness (QED) is 0.857. The van der Waals surface area contributed by atoms with Crippen molar-refractivity contribution >= 4 is 22.6 Å². The molecule has 1 N–H and O–H groups in total. The molecule has 16 heavy (non-hydrogen) atoms. The Balaban J connectivity index is 1.73. The molecular formula is C13H18INO. The lowest BCUT2D eigenvalue weighted by Gasteiger charge is -2.22. The fraction of sp³-hybridized carbons (Fsp3) is 0.538. The van der Waals surface area contributed by atoms with Gasteiger partial charge in [0.15, 0.2) is 0 Å². The number of hydrogen-bond acceptors (Lipinski definition) is 2. The molecule has 0 bridgehead atoms. The first-order valence-corrected chi connectivity index (χ1v) is 6.96. The van der Waals surface area contributed by atoms with Gasteiger partial charge < -0.3 is 10.1 Å². The van der Waals surface area contributed by atoms with Crippen LogP contribution in [0.2, 0.25) is 0 Å². The lowest BCUT2D eigenvalue weighted by atomic mass is 9.99. The largest absolute Gasteiger partial charge is 0.376 e. The van der Waals surface area contributed by atoms with E-state index in [1.54, 1.807) is 0 Å². The van der Waals surface area contributed by atoms with Crippen molar-refractivity contribution in [3.63, 3.8) is 0 Å². The lowest BCUT2D eigenvalue weighted by Crippen LogP contribution is -2.29. The van der Waals surface area contributed by atoms with E-state index in [9.17, 15) is 0 Å². The summed E-state index contributed by atoms with van der Waals surface area (Å²) < 4.78 is 7.10. The minimum atomic E-state index is 0.752. The minimum Gasteiger partial charge on any atom is -0.376 e. The maximum atomic E-state index is 5.81. The average Bonchev–Trinajstić information content (AvgIpc) is 2.33. The van der Waals surface area contributed by atoms with E-state index in [-0.39, 0.29) is 0 Å². The number of piperidine rings is 1. The van der Waals surface area contributed by atoms with Crippen molar-refractivity contribution < 1.29 is 4.74 Å². The van der Waals surface area contributed by atoms with Gasteiger partial charge in [0.1, 0.15) is 0 Å². The molecule has 1 aliphatic rings. The molecule has 1 aromatic carbocycles. The lowest BCUT2D eigenvalue weighted by molar-refractivity contribution is 0.0760. The highest BCUT2D eigenvalue weighted by atomic mass is 127. The Kier molecular flexibility index (Phi) is 5.06. The van der Waals surface area contributed by atoms with Crippen molar-refractivity contribution in [2.45, 2.75) is 19.4 Å². The third kappa shape index (κ3) is 3.71. The highest BCUT2D eigenvalue weighted by Gasteiger charge is 2.12. The highest BCUT2D eigenvalue weighted by Crippen LogP contribution is 2.15. The minimum absolute atomic E-state index is 0.752. The van der Waals surface area contributed by atoms with Gasteiger partial charge >= 0.3 is 0 Å². The van der Waals surface area contributed by atoms with Crippen molar-refractivity contribution in [2.24, 2.45) is 5.92 Å². The maximum Gasteiger partial charge on any atom is 0.0727 e. The summed E-state index contributed by atoms with van der Waals surface area (Å²) in [6.45, 7) is 3.96. The first-order chi connectivity index (χ1) is 7.86. The summed E-state index contributed by atoms with van der Waals surface area (Å²) in [5.74, 6) is 0.752. The molecule has 1 fully saturated rings. The molecule has 1 saturated heterocycles. The zero-order chi connectivity index (χ0) is 11.2. The van der Waals surface area contributed by atoms with Gasteiger partial charge in [-0.1, -0.05) is 18.2 Å². The fourth-order valence-electron chi connectivity index (χ4n) is 2.00. The first kappa shape index (κ1) is 12.3. The summed E-state index contributed by atoms with van der Waals surface area (Å²) in [5.41, 5.74) is 1.30. The second-order valence-corrected chi connectivity index (χ2v) is 5.46. The smallest absolute Gasteiger partial charge is 0.0727 e. The normalized spacial score (nSPS) is 17.6. The number of nitrogens with one attached hydrogen (secondary N) is 1. The number of rotatable bonds is 4. The van der Waals surface area contributed by atoms with Crippen LogP contribution in [0.1, 0.15) is 18.4 Å². The van der Waals surface area contributed by atoms with E-state index in [1.165, 1.54) is 22.0 Å². The van der Waals surface area contributed by atoms with Crippen LogP contribution >= 0.6 is 22.6 Å². The van der Waals surface area contributed by atoms with Crippen LogP contribution in [0.15, 0.2) is 24.3 Å². The van der Waals surface area contributed by atoms with Crippen LogP contribution in [0.25, 0.3) is 0 Å². The molecule has 0 spiro atoms. The molecule has 0 aromatic heterocycles. The maximum absolute atomic E-state index is 5.81. The Morgan fingerprint density at radius 1 is 1.25 bits per heavy atom. The molecule has 3 heteroatoms. The van der Waals surface area contributed by atoms with Crippen molar-refractivity contribution in [1.29, 1.82) is 0 Å². The molecule has 0 atom stereocenters. The predicted octanol–water partition coefficient (Wildman–Crippen LogP) is 2.81. The molecule has 0 unspecified atom stereocenters. The summed E-state index contributed by atoms with van der Waals surface area (Å²) >= 11 is 2.36. The van der Waals surface area contributed by atoms with Gasteiger partial charge in [-0.2, -0.15) is 0 Å². The molecule has 88 valence electrons. The van der Waals surface area contributed by atoms with E-state index in [0.717, 1.165) is 32.2 Å². The van der Waals surface area contributed by atoms with E-state index in [1.807, 2.05) is 0 Å². The van der Waals surface area contributed by atoms with Crippen LogP contribution < -0.4 is 5.32 Å². The van der Waals surface area contributed by atoms with Crippen LogP contribution in [0.3, 0.4) is 0 Å². The van der Waals surface area contributed by atoms with Gasteiger partial charge in [-0.15, -0.1) is 0 Å². The van der Waals surface area contributed by atoms with E-state index in [2.05, 4.69) is 52.2 Å². The number of ether oxygens (including phenoxy) is 1. The average molecular weight is 331 g/mol. The van der Waals surface area contributed by atoms with Crippen molar-refractivity contribution in [2.75, 3.05) is 19.7 Å². The Hall–Kier alpha value is -0.130. The third-order valence-corrected chi connectivity index (χ3v) is 4.08. The summed E-state index contributed by atoms with van der Waals surface area (Å²) in [7, 11) is 0.